The summed E-state index contributed by atoms with van der Waals surface area (Å²) >= 11 is 0. The van der Waals surface area contributed by atoms with E-state index in [2.05, 4.69) is 19.2 Å². The second kappa shape index (κ2) is 11.5. The summed E-state index contributed by atoms with van der Waals surface area (Å²) in [6, 6.07) is 10.1. The molecule has 0 heterocycles. The Balaban J connectivity index is 1.62. The predicted octanol–water partition coefficient (Wildman–Crippen LogP) is 2.75. The van der Waals surface area contributed by atoms with E-state index in [1.54, 1.807) is 24.3 Å². The highest BCUT2D eigenvalue weighted by Gasteiger charge is 2.05. The number of rotatable bonds is 11. The number of hydrogen-bond acceptors (Lipinski definition) is 8. The van der Waals surface area contributed by atoms with Crippen LogP contribution in [0.4, 0.5) is 20.2 Å². The molecule has 10 heteroatoms. The maximum absolute atomic E-state index is 13.1. The molecule has 7 nitrogen and oxygen atoms in total. The van der Waals surface area contributed by atoms with Crippen LogP contribution in [0.25, 0.3) is 0 Å². The normalized spacial score (nSPS) is 13.3. The van der Waals surface area contributed by atoms with Gasteiger partial charge in [0.2, 0.25) is 0 Å². The molecule has 0 saturated carbocycles. The highest BCUT2D eigenvalue weighted by Crippen LogP contribution is 2.18. The van der Waals surface area contributed by atoms with Gasteiger partial charge in [0, 0.05) is 38.1 Å². The lowest BCUT2D eigenvalue weighted by atomic mass is 10.3. The van der Waals surface area contributed by atoms with E-state index in [4.69, 9.17) is 4.74 Å². The van der Waals surface area contributed by atoms with Crippen LogP contribution in [0.2, 0.25) is 0 Å². The lowest BCUT2D eigenvalue weighted by Crippen LogP contribution is -2.34. The first kappa shape index (κ1) is 22.0. The maximum atomic E-state index is 13.1. The number of hydrogen-bond donors (Lipinski definition) is 3. The van der Waals surface area contributed by atoms with Crippen molar-refractivity contribution in [2.24, 2.45) is 4.36 Å². The molecule has 0 fully saturated rings. The number of aliphatic hydroxyl groups is 1. The van der Waals surface area contributed by atoms with E-state index in [1.807, 2.05) is 0 Å². The maximum Gasteiger partial charge on any atom is 0.160 e. The second-order valence-electron chi connectivity index (χ2n) is 5.69. The van der Waals surface area contributed by atoms with Gasteiger partial charge in [-0.1, -0.05) is 10.9 Å². The van der Waals surface area contributed by atoms with Crippen molar-refractivity contribution < 1.29 is 27.0 Å². The first-order valence-corrected chi connectivity index (χ1v) is 9.50. The quantitative estimate of drug-likeness (QED) is 0.387. The Morgan fingerprint density at radius 1 is 1.14 bits per heavy atom. The van der Waals surface area contributed by atoms with Crippen LogP contribution in [-0.2, 0) is 19.3 Å². The molecule has 0 aliphatic heterocycles. The summed E-state index contributed by atoms with van der Waals surface area (Å²) < 4.78 is 50.9. The number of ether oxygens (including phenoxy) is 1. The Kier molecular flexibility index (Phi) is 9.08. The zero-order valence-electron chi connectivity index (χ0n) is 15.2. The molecule has 1 unspecified atom stereocenters. The molecule has 0 amide bonds. The van der Waals surface area contributed by atoms with E-state index in [0.29, 0.717) is 36.8 Å². The number of anilines is 1. The Morgan fingerprint density at radius 2 is 1.89 bits per heavy atom. The molecule has 0 aromatic heterocycles. The molecule has 2 rings (SSSR count). The molecule has 0 spiro atoms. The summed E-state index contributed by atoms with van der Waals surface area (Å²) in [6.07, 6.45) is -0.728. The van der Waals surface area contributed by atoms with Crippen LogP contribution in [0.5, 0.6) is 5.75 Å². The van der Waals surface area contributed by atoms with Crippen LogP contribution in [0.1, 0.15) is 0 Å². The van der Waals surface area contributed by atoms with Crippen molar-refractivity contribution in [2.45, 2.75) is 6.10 Å². The smallest absolute Gasteiger partial charge is 0.160 e. The standard InChI is InChI=1S/C18H22F2N3O4S/c1-26-28(25)23-13-2-5-16(6-3-13)27-12-15(24)11-21-8-9-22-14-4-7-17(19)18(20)10-14/h2-7,10,15,21-22,24H,8-9,11-12H2,1H3/q-1. The van der Waals surface area contributed by atoms with Crippen molar-refractivity contribution in [3.63, 3.8) is 0 Å². The van der Waals surface area contributed by atoms with E-state index in [9.17, 15) is 18.1 Å². The molecule has 1 atom stereocenters. The van der Waals surface area contributed by atoms with Crippen LogP contribution >= 0.6 is 0 Å². The molecule has 3 N–H and O–H groups in total. The summed E-state index contributed by atoms with van der Waals surface area (Å²) in [5.41, 5.74) is 0.970. The SMILES string of the molecule is CO[S-](=O)=Nc1ccc(OCC(O)CNCCNc2ccc(F)c(F)c2)cc1. The van der Waals surface area contributed by atoms with E-state index in [1.165, 1.54) is 13.2 Å². The molecule has 0 bridgehead atoms. The molecule has 154 valence electrons. The highest BCUT2D eigenvalue weighted by atomic mass is 32.2. The minimum absolute atomic E-state index is 0.0874. The number of nitrogens with one attached hydrogen (secondary N) is 2. The van der Waals surface area contributed by atoms with E-state index in [-0.39, 0.29) is 6.61 Å². The highest BCUT2D eigenvalue weighted by molar-refractivity contribution is 7.69. The first-order valence-electron chi connectivity index (χ1n) is 8.46. The molecule has 0 saturated heterocycles. The lowest BCUT2D eigenvalue weighted by molar-refractivity contribution is 0.107. The molecule has 0 radical (unpaired) electrons. The van der Waals surface area contributed by atoms with Crippen LogP contribution in [0.15, 0.2) is 46.8 Å². The Morgan fingerprint density at radius 3 is 2.57 bits per heavy atom. The monoisotopic (exact) mass is 414 g/mol. The summed E-state index contributed by atoms with van der Waals surface area (Å²) in [6.45, 7) is 1.39. The zero-order chi connectivity index (χ0) is 20.4. The molecule has 0 aliphatic carbocycles. The molecule has 28 heavy (non-hydrogen) atoms. The van der Waals surface area contributed by atoms with E-state index >= 15 is 0 Å². The van der Waals surface area contributed by atoms with Gasteiger partial charge in [0.05, 0.1) is 0 Å². The fourth-order valence-electron chi connectivity index (χ4n) is 2.15. The number of benzene rings is 2. The largest absolute Gasteiger partial charge is 0.491 e. The average Bonchev–Trinajstić information content (AvgIpc) is 2.69. The fourth-order valence-corrected chi connectivity index (χ4v) is 2.52. The van der Waals surface area contributed by atoms with Gasteiger partial charge in [0.15, 0.2) is 11.6 Å². The van der Waals surface area contributed by atoms with E-state index in [0.717, 1.165) is 12.1 Å². The van der Waals surface area contributed by atoms with Gasteiger partial charge in [0.25, 0.3) is 0 Å². The van der Waals surface area contributed by atoms with Crippen molar-refractivity contribution >= 4 is 22.3 Å². The van der Waals surface area contributed by atoms with E-state index < -0.39 is 28.6 Å². The third kappa shape index (κ3) is 7.77. The molecule has 2 aromatic carbocycles. The van der Waals surface area contributed by atoms with Crippen molar-refractivity contribution in [1.29, 1.82) is 0 Å². The van der Waals surface area contributed by atoms with Crippen molar-refractivity contribution in [3.05, 3.63) is 54.1 Å². The zero-order valence-corrected chi connectivity index (χ0v) is 16.0. The predicted molar refractivity (Wildman–Crippen MR) is 103 cm³/mol. The number of nitrogens with zero attached hydrogens (tertiary/aromatic N) is 1. The summed E-state index contributed by atoms with van der Waals surface area (Å²) in [5.74, 6) is -1.25. The third-order valence-electron chi connectivity index (χ3n) is 3.53. The number of halogens is 2. The fraction of sp³-hybridized carbons (Fsp3) is 0.333. The lowest BCUT2D eigenvalue weighted by Gasteiger charge is -2.14. The number of aliphatic hydroxyl groups excluding tert-OH is 1. The van der Waals surface area contributed by atoms with Gasteiger partial charge in [-0.2, -0.15) is 0 Å². The van der Waals surface area contributed by atoms with Gasteiger partial charge in [-0.25, -0.2) is 8.78 Å². The second-order valence-corrected chi connectivity index (χ2v) is 6.64. The van der Waals surface area contributed by atoms with Crippen molar-refractivity contribution in [2.75, 3.05) is 38.7 Å². The van der Waals surface area contributed by atoms with Crippen LogP contribution in [0, 0.1) is 11.6 Å². The topological polar surface area (TPSA) is 92.2 Å². The van der Waals surface area contributed by atoms with Gasteiger partial charge in [0.1, 0.15) is 18.5 Å². The molecule has 0 aliphatic rings. The third-order valence-corrected chi connectivity index (χ3v) is 4.18. The van der Waals surface area contributed by atoms with Crippen LogP contribution < -0.4 is 15.4 Å². The van der Waals surface area contributed by atoms with Gasteiger partial charge in [-0.3, -0.25) is 0 Å². The van der Waals surface area contributed by atoms with Crippen molar-refractivity contribution in [3.8, 4) is 5.75 Å². The molecular formula is C18H22F2N3O4S-. The minimum Gasteiger partial charge on any atom is -0.491 e. The molecule has 2 aromatic rings. The van der Waals surface area contributed by atoms with Crippen molar-refractivity contribution in [1.82, 2.24) is 5.32 Å². The Hall–Kier alpha value is -2.27. The average molecular weight is 414 g/mol. The minimum atomic E-state index is -1.72. The molecular weight excluding hydrogens is 392 g/mol. The van der Waals surface area contributed by atoms with Gasteiger partial charge >= 0.3 is 0 Å². The Bertz CT molecular complexity index is 830. The van der Waals surface area contributed by atoms with Crippen LogP contribution in [0.3, 0.4) is 0 Å². The van der Waals surface area contributed by atoms with Gasteiger partial charge in [-0.05, 0) is 42.5 Å². The summed E-state index contributed by atoms with van der Waals surface area (Å²) in [7, 11) is -0.424. The summed E-state index contributed by atoms with van der Waals surface area (Å²) in [5, 5.41) is 15.9. The first-order chi connectivity index (χ1) is 13.5. The Labute approximate surface area is 164 Å². The van der Waals surface area contributed by atoms with Gasteiger partial charge in [-0.15, -0.1) is 0 Å². The van der Waals surface area contributed by atoms with Crippen LogP contribution in [-0.4, -0.2) is 44.6 Å². The summed E-state index contributed by atoms with van der Waals surface area (Å²) in [4.78, 5) is 0. The van der Waals surface area contributed by atoms with Gasteiger partial charge < -0.3 is 33.2 Å².